The summed E-state index contributed by atoms with van der Waals surface area (Å²) in [5, 5.41) is 10.5. The summed E-state index contributed by atoms with van der Waals surface area (Å²) in [4.78, 5) is 11.4. The Hall–Kier alpha value is -0.820. The number of carbonyl (C=O) groups is 1. The highest BCUT2D eigenvalue weighted by atomic mass is 32.2. The Labute approximate surface area is 101 Å². The number of carbonyl (C=O) groups excluding carboxylic acids is 1. The number of amides is 1. The van der Waals surface area contributed by atoms with Gasteiger partial charge in [-0.05, 0) is 13.3 Å². The van der Waals surface area contributed by atoms with Gasteiger partial charge in [-0.2, -0.15) is 0 Å². The summed E-state index contributed by atoms with van der Waals surface area (Å²) in [6, 6.07) is 0. The van der Waals surface area contributed by atoms with Crippen LogP contribution in [-0.4, -0.2) is 32.1 Å². The molecule has 2 unspecified atom stereocenters. The van der Waals surface area contributed by atoms with Crippen LogP contribution in [0, 0.1) is 0 Å². The minimum Gasteiger partial charge on any atom is -0.350 e. The van der Waals surface area contributed by atoms with Crippen molar-refractivity contribution in [3.05, 3.63) is 5.01 Å². The van der Waals surface area contributed by atoms with Crippen molar-refractivity contribution in [2.24, 2.45) is 0 Å². The number of hydrogen-bond donors (Lipinski definition) is 1. The van der Waals surface area contributed by atoms with Crippen LogP contribution in [0.15, 0.2) is 4.34 Å². The van der Waals surface area contributed by atoms with E-state index in [0.29, 0.717) is 10.9 Å². The fourth-order valence-corrected chi connectivity index (χ4v) is 3.26. The fourth-order valence-electron chi connectivity index (χ4n) is 0.942. The monoisotopic (exact) mass is 261 g/mol. The summed E-state index contributed by atoms with van der Waals surface area (Å²) in [5.41, 5.74) is 0. The molecule has 0 aromatic carbocycles. The van der Waals surface area contributed by atoms with E-state index >= 15 is 0 Å². The maximum atomic E-state index is 11.9. The predicted molar refractivity (Wildman–Crippen MR) is 64.1 cm³/mol. The van der Waals surface area contributed by atoms with Crippen molar-refractivity contribution in [3.8, 4) is 0 Å². The molecule has 1 N–H and O–H groups in total. The summed E-state index contributed by atoms with van der Waals surface area (Å²) in [7, 11) is -1.16. The lowest BCUT2D eigenvalue weighted by Crippen LogP contribution is -2.22. The number of hydrogen-bond acceptors (Lipinski definition) is 5. The van der Waals surface area contributed by atoms with E-state index in [1.54, 1.807) is 0 Å². The SMILES string of the molecule is CCNC(=O)c1nnc(S(=O)C(C)CC)s1. The molecule has 0 radical (unpaired) electrons. The predicted octanol–water partition coefficient (Wildman–Crippen LogP) is 1.19. The van der Waals surface area contributed by atoms with E-state index < -0.39 is 10.8 Å². The summed E-state index contributed by atoms with van der Waals surface area (Å²) in [5.74, 6) is -0.257. The van der Waals surface area contributed by atoms with E-state index in [1.165, 1.54) is 0 Å². The average molecular weight is 261 g/mol. The molecule has 0 bridgehead atoms. The Bertz CT molecular complexity index is 392. The second kappa shape index (κ2) is 6.05. The maximum Gasteiger partial charge on any atom is 0.282 e. The van der Waals surface area contributed by atoms with Gasteiger partial charge in [-0.15, -0.1) is 10.2 Å². The molecule has 0 aliphatic carbocycles. The normalized spacial score (nSPS) is 14.4. The van der Waals surface area contributed by atoms with Gasteiger partial charge in [-0.25, -0.2) is 0 Å². The van der Waals surface area contributed by atoms with E-state index in [1.807, 2.05) is 20.8 Å². The van der Waals surface area contributed by atoms with Crippen molar-refractivity contribution in [3.63, 3.8) is 0 Å². The van der Waals surface area contributed by atoms with Gasteiger partial charge in [0.05, 0.1) is 10.8 Å². The molecule has 0 aliphatic rings. The summed E-state index contributed by atoms with van der Waals surface area (Å²) >= 11 is 1.10. The van der Waals surface area contributed by atoms with Gasteiger partial charge in [-0.3, -0.25) is 9.00 Å². The van der Waals surface area contributed by atoms with Crippen molar-refractivity contribution in [1.82, 2.24) is 15.5 Å². The second-order valence-corrected chi connectivity index (χ2v) is 6.27. The van der Waals surface area contributed by atoms with Gasteiger partial charge in [0, 0.05) is 11.8 Å². The maximum absolute atomic E-state index is 11.9. The second-order valence-electron chi connectivity index (χ2n) is 3.25. The van der Waals surface area contributed by atoms with Crippen LogP contribution >= 0.6 is 11.3 Å². The first-order valence-corrected chi connectivity index (χ1v) is 7.15. The van der Waals surface area contributed by atoms with Crippen LogP contribution in [0.25, 0.3) is 0 Å². The molecule has 0 fully saturated rings. The highest BCUT2D eigenvalue weighted by Gasteiger charge is 2.19. The molecule has 16 heavy (non-hydrogen) atoms. The number of nitrogens with one attached hydrogen (secondary N) is 1. The molecule has 7 heteroatoms. The molecule has 0 spiro atoms. The van der Waals surface area contributed by atoms with Gasteiger partial charge in [0.25, 0.3) is 5.91 Å². The van der Waals surface area contributed by atoms with E-state index in [0.717, 1.165) is 17.8 Å². The van der Waals surface area contributed by atoms with E-state index in [9.17, 15) is 9.00 Å². The Morgan fingerprint density at radius 2 is 2.19 bits per heavy atom. The zero-order valence-corrected chi connectivity index (χ0v) is 11.2. The molecule has 5 nitrogen and oxygen atoms in total. The quantitative estimate of drug-likeness (QED) is 0.864. The molecule has 0 saturated carbocycles. The topological polar surface area (TPSA) is 72.0 Å². The van der Waals surface area contributed by atoms with Crippen LogP contribution in [0.5, 0.6) is 0 Å². The average Bonchev–Trinajstić information content (AvgIpc) is 2.76. The molecular formula is C9H15N3O2S2. The standard InChI is InChI=1S/C9H15N3O2S2/c1-4-6(3)16(14)9-12-11-8(15-9)7(13)10-5-2/h6H,4-5H2,1-3H3,(H,10,13). The van der Waals surface area contributed by atoms with Crippen LogP contribution in [0.2, 0.25) is 0 Å². The van der Waals surface area contributed by atoms with Crippen molar-refractivity contribution < 1.29 is 9.00 Å². The van der Waals surface area contributed by atoms with Crippen molar-refractivity contribution in [1.29, 1.82) is 0 Å². The minimum absolute atomic E-state index is 0.0371. The fraction of sp³-hybridized carbons (Fsp3) is 0.667. The van der Waals surface area contributed by atoms with Crippen LogP contribution in [0.4, 0.5) is 0 Å². The zero-order chi connectivity index (χ0) is 12.1. The van der Waals surface area contributed by atoms with Crippen LogP contribution in [0.3, 0.4) is 0 Å². The Morgan fingerprint density at radius 1 is 1.50 bits per heavy atom. The molecule has 1 heterocycles. The minimum atomic E-state index is -1.16. The first-order valence-electron chi connectivity index (χ1n) is 5.12. The van der Waals surface area contributed by atoms with E-state index in [4.69, 9.17) is 0 Å². The largest absolute Gasteiger partial charge is 0.350 e. The first-order chi connectivity index (χ1) is 7.60. The molecule has 0 saturated heterocycles. The molecule has 1 aromatic rings. The number of rotatable bonds is 5. The van der Waals surface area contributed by atoms with Gasteiger partial charge in [0.15, 0.2) is 0 Å². The first kappa shape index (κ1) is 13.2. The lowest BCUT2D eigenvalue weighted by Gasteiger charge is -2.03. The zero-order valence-electron chi connectivity index (χ0n) is 9.52. The molecular weight excluding hydrogens is 246 g/mol. The Kier molecular flexibility index (Phi) is 5.01. The Morgan fingerprint density at radius 3 is 2.75 bits per heavy atom. The Balaban J connectivity index is 2.79. The van der Waals surface area contributed by atoms with E-state index in [-0.39, 0.29) is 16.2 Å². The lowest BCUT2D eigenvalue weighted by molar-refractivity contribution is 0.0954. The lowest BCUT2D eigenvalue weighted by atomic mass is 10.4. The molecule has 0 aliphatic heterocycles. The molecule has 2 atom stereocenters. The van der Waals surface area contributed by atoms with Gasteiger partial charge in [0.2, 0.25) is 9.35 Å². The third-order valence-electron chi connectivity index (χ3n) is 2.05. The number of nitrogens with zero attached hydrogens (tertiary/aromatic N) is 2. The van der Waals surface area contributed by atoms with Crippen LogP contribution in [0.1, 0.15) is 37.0 Å². The van der Waals surface area contributed by atoms with Gasteiger partial charge >= 0.3 is 0 Å². The third kappa shape index (κ3) is 3.08. The smallest absolute Gasteiger partial charge is 0.282 e. The van der Waals surface area contributed by atoms with Crippen molar-refractivity contribution in [2.45, 2.75) is 36.8 Å². The summed E-state index contributed by atoms with van der Waals surface area (Å²) in [6.45, 7) is 6.23. The molecule has 1 rings (SSSR count). The van der Waals surface area contributed by atoms with Crippen molar-refractivity contribution >= 4 is 28.0 Å². The highest BCUT2D eigenvalue weighted by Crippen LogP contribution is 2.18. The third-order valence-corrected chi connectivity index (χ3v) is 5.00. The molecule has 1 amide bonds. The van der Waals surface area contributed by atoms with Crippen LogP contribution < -0.4 is 5.32 Å². The highest BCUT2D eigenvalue weighted by molar-refractivity contribution is 7.87. The van der Waals surface area contributed by atoms with Gasteiger partial charge in [-0.1, -0.05) is 25.2 Å². The van der Waals surface area contributed by atoms with E-state index in [2.05, 4.69) is 15.5 Å². The number of aromatic nitrogens is 2. The van der Waals surface area contributed by atoms with Crippen molar-refractivity contribution in [2.75, 3.05) is 6.54 Å². The molecule has 1 aromatic heterocycles. The van der Waals surface area contributed by atoms with Gasteiger partial charge in [0.1, 0.15) is 0 Å². The summed E-state index contributed by atoms with van der Waals surface area (Å²) < 4.78 is 12.3. The van der Waals surface area contributed by atoms with Gasteiger partial charge < -0.3 is 5.32 Å². The molecule has 90 valence electrons. The summed E-state index contributed by atoms with van der Waals surface area (Å²) in [6.07, 6.45) is 0.808. The van der Waals surface area contributed by atoms with Crippen LogP contribution in [-0.2, 0) is 10.8 Å².